The van der Waals surface area contributed by atoms with E-state index in [-0.39, 0.29) is 11.8 Å². The Hall–Kier alpha value is -1.59. The Morgan fingerprint density at radius 1 is 1.56 bits per heavy atom. The summed E-state index contributed by atoms with van der Waals surface area (Å²) in [6.07, 6.45) is 0. The molecular formula is C12H13ClN2O3. The predicted octanol–water partition coefficient (Wildman–Crippen LogP) is 2.25. The average molecular weight is 269 g/mol. The van der Waals surface area contributed by atoms with Crippen molar-refractivity contribution in [2.24, 2.45) is 0 Å². The van der Waals surface area contributed by atoms with Crippen LogP contribution < -0.4 is 5.32 Å². The van der Waals surface area contributed by atoms with Gasteiger partial charge in [0.1, 0.15) is 5.52 Å². The Bertz CT molecular complexity index is 553. The molecule has 1 N–H and O–H groups in total. The van der Waals surface area contributed by atoms with Crippen LogP contribution in [0, 0.1) is 0 Å². The summed E-state index contributed by atoms with van der Waals surface area (Å²) in [5.41, 5.74) is 1.10. The van der Waals surface area contributed by atoms with Crippen LogP contribution in [0.3, 0.4) is 0 Å². The first-order valence-corrected chi connectivity index (χ1v) is 6.00. The molecule has 1 heterocycles. The lowest BCUT2D eigenvalue weighted by molar-refractivity contribution is 0.0891. The number of ether oxygens (including phenoxy) is 1. The molecule has 0 aliphatic heterocycles. The van der Waals surface area contributed by atoms with Crippen molar-refractivity contribution in [3.05, 3.63) is 29.1 Å². The van der Waals surface area contributed by atoms with Gasteiger partial charge in [0.2, 0.25) is 0 Å². The van der Waals surface area contributed by atoms with E-state index in [1.807, 2.05) is 6.92 Å². The molecule has 0 saturated carbocycles. The molecule has 2 aromatic rings. The molecular weight excluding hydrogens is 256 g/mol. The van der Waals surface area contributed by atoms with Gasteiger partial charge in [0.15, 0.2) is 5.58 Å². The van der Waals surface area contributed by atoms with Gasteiger partial charge in [0.25, 0.3) is 5.89 Å². The van der Waals surface area contributed by atoms with E-state index in [9.17, 15) is 4.79 Å². The van der Waals surface area contributed by atoms with Crippen LogP contribution in [-0.4, -0.2) is 30.6 Å². The quantitative estimate of drug-likeness (QED) is 0.845. The van der Waals surface area contributed by atoms with E-state index in [2.05, 4.69) is 10.3 Å². The lowest BCUT2D eigenvalue weighted by Crippen LogP contribution is -2.27. The van der Waals surface area contributed by atoms with Crippen LogP contribution in [-0.2, 0) is 4.74 Å². The number of hydrogen-bond acceptors (Lipinski definition) is 4. The Labute approximate surface area is 109 Å². The highest BCUT2D eigenvalue weighted by atomic mass is 35.5. The van der Waals surface area contributed by atoms with Crippen molar-refractivity contribution in [2.45, 2.75) is 6.92 Å². The summed E-state index contributed by atoms with van der Waals surface area (Å²) in [6.45, 7) is 3.41. The van der Waals surface area contributed by atoms with Crippen LogP contribution in [0.5, 0.6) is 0 Å². The number of oxazole rings is 1. The molecule has 5 nitrogen and oxygen atoms in total. The molecule has 0 atom stereocenters. The van der Waals surface area contributed by atoms with Gasteiger partial charge in [-0.15, -0.1) is 0 Å². The van der Waals surface area contributed by atoms with Gasteiger partial charge in [-0.1, -0.05) is 11.6 Å². The maximum absolute atomic E-state index is 11.7. The monoisotopic (exact) mass is 268 g/mol. The molecule has 0 unspecified atom stereocenters. The average Bonchev–Trinajstić information content (AvgIpc) is 2.77. The molecule has 0 radical (unpaired) electrons. The summed E-state index contributed by atoms with van der Waals surface area (Å²) in [5, 5.41) is 3.21. The molecule has 2 rings (SSSR count). The Morgan fingerprint density at radius 2 is 2.39 bits per heavy atom. The second-order valence-electron chi connectivity index (χ2n) is 3.58. The number of nitrogens with one attached hydrogen (secondary N) is 1. The first-order valence-electron chi connectivity index (χ1n) is 5.62. The molecule has 0 spiro atoms. The van der Waals surface area contributed by atoms with Gasteiger partial charge in [-0.3, -0.25) is 4.79 Å². The topological polar surface area (TPSA) is 64.4 Å². The van der Waals surface area contributed by atoms with Gasteiger partial charge < -0.3 is 14.5 Å². The van der Waals surface area contributed by atoms with Crippen molar-refractivity contribution in [2.75, 3.05) is 19.8 Å². The second kappa shape index (κ2) is 5.84. The zero-order valence-electron chi connectivity index (χ0n) is 9.90. The maximum atomic E-state index is 11.7. The van der Waals surface area contributed by atoms with E-state index in [0.717, 1.165) is 0 Å². The summed E-state index contributed by atoms with van der Waals surface area (Å²) in [7, 11) is 0. The largest absolute Gasteiger partial charge is 0.432 e. The molecule has 0 saturated heterocycles. The van der Waals surface area contributed by atoms with Crippen LogP contribution >= 0.6 is 11.6 Å². The number of rotatable bonds is 5. The summed E-state index contributed by atoms with van der Waals surface area (Å²) in [4.78, 5) is 15.8. The number of carbonyl (C=O) groups is 1. The van der Waals surface area contributed by atoms with E-state index in [1.165, 1.54) is 0 Å². The second-order valence-corrected chi connectivity index (χ2v) is 4.02. The van der Waals surface area contributed by atoms with Gasteiger partial charge in [-0.25, -0.2) is 4.98 Å². The van der Waals surface area contributed by atoms with Crippen LogP contribution in [0.25, 0.3) is 11.1 Å². The molecule has 0 aliphatic rings. The third kappa shape index (κ3) is 3.00. The fourth-order valence-electron chi connectivity index (χ4n) is 1.45. The zero-order chi connectivity index (χ0) is 13.0. The van der Waals surface area contributed by atoms with E-state index in [0.29, 0.717) is 35.9 Å². The molecule has 1 aromatic carbocycles. The lowest BCUT2D eigenvalue weighted by Gasteiger charge is -2.01. The number of halogens is 1. The van der Waals surface area contributed by atoms with Crippen LogP contribution in [0.2, 0.25) is 5.02 Å². The third-order valence-corrected chi connectivity index (χ3v) is 2.52. The number of benzene rings is 1. The zero-order valence-corrected chi connectivity index (χ0v) is 10.7. The summed E-state index contributed by atoms with van der Waals surface area (Å²) in [5.74, 6) is -0.328. The molecule has 6 heteroatoms. The van der Waals surface area contributed by atoms with Crippen molar-refractivity contribution in [1.29, 1.82) is 0 Å². The van der Waals surface area contributed by atoms with E-state index in [1.54, 1.807) is 18.2 Å². The minimum atomic E-state index is -0.359. The standard InChI is InChI=1S/C12H13ClN2O3/c1-2-17-6-5-14-11(16)12-15-9-7-8(13)3-4-10(9)18-12/h3-4,7H,2,5-6H2,1H3,(H,14,16). The summed E-state index contributed by atoms with van der Waals surface area (Å²) < 4.78 is 10.4. The normalized spacial score (nSPS) is 10.8. The molecule has 0 aliphatic carbocycles. The number of hydrogen-bond donors (Lipinski definition) is 1. The molecule has 1 amide bonds. The summed E-state index contributed by atoms with van der Waals surface area (Å²) >= 11 is 5.83. The van der Waals surface area contributed by atoms with Crippen LogP contribution in [0.1, 0.15) is 17.6 Å². The highest BCUT2D eigenvalue weighted by Gasteiger charge is 2.13. The first kappa shape index (κ1) is 12.9. The number of fused-ring (bicyclic) bond motifs is 1. The van der Waals surface area contributed by atoms with E-state index < -0.39 is 0 Å². The fourth-order valence-corrected chi connectivity index (χ4v) is 1.62. The molecule has 18 heavy (non-hydrogen) atoms. The maximum Gasteiger partial charge on any atom is 0.307 e. The van der Waals surface area contributed by atoms with Gasteiger partial charge in [0.05, 0.1) is 6.61 Å². The van der Waals surface area contributed by atoms with Gasteiger partial charge >= 0.3 is 5.91 Å². The Morgan fingerprint density at radius 3 is 3.17 bits per heavy atom. The minimum Gasteiger partial charge on any atom is -0.432 e. The highest BCUT2D eigenvalue weighted by Crippen LogP contribution is 2.19. The van der Waals surface area contributed by atoms with Crippen LogP contribution in [0.4, 0.5) is 0 Å². The smallest absolute Gasteiger partial charge is 0.307 e. The number of carbonyl (C=O) groups excluding carboxylic acids is 1. The number of nitrogens with zero attached hydrogens (tertiary/aromatic N) is 1. The van der Waals surface area contributed by atoms with Crippen molar-refractivity contribution in [1.82, 2.24) is 10.3 Å². The summed E-state index contributed by atoms with van der Waals surface area (Å²) in [6, 6.07) is 5.02. The van der Waals surface area contributed by atoms with Gasteiger partial charge in [0, 0.05) is 18.2 Å². The lowest BCUT2D eigenvalue weighted by atomic mass is 10.3. The first-order chi connectivity index (χ1) is 8.70. The Kier molecular flexibility index (Phi) is 4.17. The fraction of sp³-hybridized carbons (Fsp3) is 0.333. The third-order valence-electron chi connectivity index (χ3n) is 2.28. The molecule has 0 fully saturated rings. The minimum absolute atomic E-state index is 0.0313. The molecule has 0 bridgehead atoms. The van der Waals surface area contributed by atoms with Crippen molar-refractivity contribution < 1.29 is 13.9 Å². The molecule has 96 valence electrons. The van der Waals surface area contributed by atoms with Crippen molar-refractivity contribution >= 4 is 28.6 Å². The molecule has 1 aromatic heterocycles. The van der Waals surface area contributed by atoms with Gasteiger partial charge in [-0.05, 0) is 25.1 Å². The SMILES string of the molecule is CCOCCNC(=O)c1nc2cc(Cl)ccc2o1. The van der Waals surface area contributed by atoms with E-state index in [4.69, 9.17) is 20.8 Å². The predicted molar refractivity (Wildman–Crippen MR) is 67.8 cm³/mol. The Balaban J connectivity index is 2.04. The van der Waals surface area contributed by atoms with Gasteiger partial charge in [-0.2, -0.15) is 0 Å². The van der Waals surface area contributed by atoms with E-state index >= 15 is 0 Å². The number of aromatic nitrogens is 1. The highest BCUT2D eigenvalue weighted by molar-refractivity contribution is 6.31. The number of amides is 1. The van der Waals surface area contributed by atoms with Crippen molar-refractivity contribution in [3.8, 4) is 0 Å². The van der Waals surface area contributed by atoms with Crippen molar-refractivity contribution in [3.63, 3.8) is 0 Å². The van der Waals surface area contributed by atoms with Crippen LogP contribution in [0.15, 0.2) is 22.6 Å².